The second kappa shape index (κ2) is 8.33. The Bertz CT molecular complexity index is 634. The molecule has 23 heavy (non-hydrogen) atoms. The topological polar surface area (TPSA) is 50.5 Å². The number of anilines is 1. The third-order valence-electron chi connectivity index (χ3n) is 3.92. The van der Waals surface area contributed by atoms with Crippen molar-refractivity contribution in [2.45, 2.75) is 6.10 Å². The molecule has 0 aromatic heterocycles. The highest BCUT2D eigenvalue weighted by molar-refractivity contribution is 5.44. The molecular weight excluding hydrogens is 286 g/mol. The lowest BCUT2D eigenvalue weighted by Gasteiger charge is -2.25. The fraction of sp³-hybridized carbons (Fsp3) is 0.316. The summed E-state index contributed by atoms with van der Waals surface area (Å²) in [5.41, 5.74) is 2.64. The van der Waals surface area contributed by atoms with Gasteiger partial charge in [0.1, 0.15) is 0 Å². The standard InChI is InChI=1S/C19H23N3O/c1-21(12-13-22(2)18-6-4-3-5-7-18)15-19(23)17-10-8-16(14-20)9-11-17/h3-11,19,23H,12-13,15H2,1-2H3. The van der Waals surface area contributed by atoms with Crippen LogP contribution >= 0.6 is 0 Å². The molecule has 2 aromatic carbocycles. The molecule has 0 fully saturated rings. The van der Waals surface area contributed by atoms with Crippen LogP contribution in [0.4, 0.5) is 5.69 Å². The van der Waals surface area contributed by atoms with E-state index in [1.54, 1.807) is 12.1 Å². The van der Waals surface area contributed by atoms with Crippen LogP contribution in [0.5, 0.6) is 0 Å². The van der Waals surface area contributed by atoms with Gasteiger partial charge >= 0.3 is 0 Å². The van der Waals surface area contributed by atoms with Crippen LogP contribution in [0.15, 0.2) is 54.6 Å². The molecular formula is C19H23N3O. The highest BCUT2D eigenvalue weighted by Gasteiger charge is 2.11. The van der Waals surface area contributed by atoms with Gasteiger partial charge in [-0.05, 0) is 36.9 Å². The summed E-state index contributed by atoms with van der Waals surface area (Å²) in [6, 6.07) is 19.4. The Balaban J connectivity index is 1.81. The van der Waals surface area contributed by atoms with Crippen molar-refractivity contribution in [3.05, 3.63) is 65.7 Å². The molecule has 0 aliphatic heterocycles. The third-order valence-corrected chi connectivity index (χ3v) is 3.92. The summed E-state index contributed by atoms with van der Waals surface area (Å²) in [6.07, 6.45) is -0.547. The molecule has 1 atom stereocenters. The highest BCUT2D eigenvalue weighted by atomic mass is 16.3. The zero-order chi connectivity index (χ0) is 16.7. The summed E-state index contributed by atoms with van der Waals surface area (Å²) in [6.45, 7) is 2.31. The molecule has 4 heteroatoms. The fourth-order valence-corrected chi connectivity index (χ4v) is 2.40. The smallest absolute Gasteiger partial charge is 0.0991 e. The molecule has 0 spiro atoms. The largest absolute Gasteiger partial charge is 0.387 e. The molecule has 0 radical (unpaired) electrons. The zero-order valence-electron chi connectivity index (χ0n) is 13.7. The van der Waals surface area contributed by atoms with E-state index in [4.69, 9.17) is 5.26 Å². The first-order chi connectivity index (χ1) is 11.1. The molecule has 120 valence electrons. The van der Waals surface area contributed by atoms with Crippen LogP contribution in [0, 0.1) is 11.3 Å². The van der Waals surface area contributed by atoms with Gasteiger partial charge in [-0.3, -0.25) is 0 Å². The quantitative estimate of drug-likeness (QED) is 0.854. The van der Waals surface area contributed by atoms with Crippen molar-refractivity contribution in [1.82, 2.24) is 4.90 Å². The lowest BCUT2D eigenvalue weighted by molar-refractivity contribution is 0.128. The number of likely N-dealkylation sites (N-methyl/N-ethyl adjacent to an activating group) is 2. The van der Waals surface area contributed by atoms with Crippen molar-refractivity contribution in [3.63, 3.8) is 0 Å². The SMILES string of the molecule is CN(CCN(C)c1ccccc1)CC(O)c1ccc(C#N)cc1. The van der Waals surface area contributed by atoms with Crippen molar-refractivity contribution in [3.8, 4) is 6.07 Å². The van der Waals surface area contributed by atoms with E-state index < -0.39 is 6.10 Å². The van der Waals surface area contributed by atoms with Crippen molar-refractivity contribution < 1.29 is 5.11 Å². The molecule has 0 aliphatic carbocycles. The normalized spacial score (nSPS) is 12.0. The average molecular weight is 309 g/mol. The molecule has 0 saturated carbocycles. The van der Waals surface area contributed by atoms with Crippen molar-refractivity contribution in [2.75, 3.05) is 38.6 Å². The fourth-order valence-electron chi connectivity index (χ4n) is 2.40. The molecule has 2 aromatic rings. The zero-order valence-corrected chi connectivity index (χ0v) is 13.7. The Kier molecular flexibility index (Phi) is 6.16. The third kappa shape index (κ3) is 5.10. The van der Waals surface area contributed by atoms with Crippen LogP contribution < -0.4 is 4.90 Å². The maximum absolute atomic E-state index is 10.3. The molecule has 0 saturated heterocycles. The van der Waals surface area contributed by atoms with E-state index in [2.05, 4.69) is 35.0 Å². The predicted molar refractivity (Wildman–Crippen MR) is 93.3 cm³/mol. The Labute approximate surface area is 138 Å². The monoisotopic (exact) mass is 309 g/mol. The Morgan fingerprint density at radius 3 is 2.26 bits per heavy atom. The van der Waals surface area contributed by atoms with Crippen LogP contribution in [-0.2, 0) is 0 Å². The molecule has 1 N–H and O–H groups in total. The van der Waals surface area contributed by atoms with Crippen LogP contribution in [0.25, 0.3) is 0 Å². The van der Waals surface area contributed by atoms with Gasteiger partial charge in [0.15, 0.2) is 0 Å². The van der Waals surface area contributed by atoms with E-state index in [9.17, 15) is 5.11 Å². The lowest BCUT2D eigenvalue weighted by atomic mass is 10.1. The lowest BCUT2D eigenvalue weighted by Crippen LogP contribution is -2.33. The summed E-state index contributed by atoms with van der Waals surface area (Å²) in [4.78, 5) is 4.31. The first-order valence-electron chi connectivity index (χ1n) is 7.73. The van der Waals surface area contributed by atoms with Crippen LogP contribution in [0.2, 0.25) is 0 Å². The summed E-state index contributed by atoms with van der Waals surface area (Å²) < 4.78 is 0. The van der Waals surface area contributed by atoms with Gasteiger partial charge in [0.25, 0.3) is 0 Å². The summed E-state index contributed by atoms with van der Waals surface area (Å²) in [7, 11) is 4.08. The van der Waals surface area contributed by atoms with Crippen LogP contribution in [0.3, 0.4) is 0 Å². The molecule has 0 bridgehead atoms. The number of nitrogens with zero attached hydrogens (tertiary/aromatic N) is 3. The van der Waals surface area contributed by atoms with Crippen LogP contribution in [-0.4, -0.2) is 43.7 Å². The van der Waals surface area contributed by atoms with Gasteiger partial charge in [0.2, 0.25) is 0 Å². The summed E-state index contributed by atoms with van der Waals surface area (Å²) in [5, 5.41) is 19.1. The molecule has 2 rings (SSSR count). The maximum atomic E-state index is 10.3. The molecule has 1 unspecified atom stereocenters. The number of benzene rings is 2. The Hall–Kier alpha value is -2.35. The minimum absolute atomic E-state index is 0.547. The minimum Gasteiger partial charge on any atom is -0.387 e. The van der Waals surface area contributed by atoms with Gasteiger partial charge < -0.3 is 14.9 Å². The van der Waals surface area contributed by atoms with Gasteiger partial charge in [-0.2, -0.15) is 5.26 Å². The number of aliphatic hydroxyl groups excluding tert-OH is 1. The summed E-state index contributed by atoms with van der Waals surface area (Å²) in [5.74, 6) is 0. The van der Waals surface area contributed by atoms with Gasteiger partial charge in [-0.25, -0.2) is 0 Å². The van der Waals surface area contributed by atoms with Gasteiger partial charge in [0.05, 0.1) is 17.7 Å². The van der Waals surface area contributed by atoms with E-state index in [1.807, 2.05) is 37.4 Å². The van der Waals surface area contributed by atoms with E-state index >= 15 is 0 Å². The number of hydrogen-bond donors (Lipinski definition) is 1. The second-order valence-electron chi connectivity index (χ2n) is 5.77. The minimum atomic E-state index is -0.547. The predicted octanol–water partition coefficient (Wildman–Crippen LogP) is 2.66. The number of nitriles is 1. The van der Waals surface area contributed by atoms with Gasteiger partial charge in [-0.15, -0.1) is 0 Å². The second-order valence-corrected chi connectivity index (χ2v) is 5.77. The number of rotatable bonds is 7. The number of para-hydroxylation sites is 1. The van der Waals surface area contributed by atoms with E-state index in [0.29, 0.717) is 12.1 Å². The molecule has 0 amide bonds. The Morgan fingerprint density at radius 1 is 1.00 bits per heavy atom. The number of hydrogen-bond acceptors (Lipinski definition) is 4. The molecule has 0 aliphatic rings. The van der Waals surface area contributed by atoms with Crippen LogP contribution in [0.1, 0.15) is 17.2 Å². The molecule has 0 heterocycles. The summed E-state index contributed by atoms with van der Waals surface area (Å²) >= 11 is 0. The maximum Gasteiger partial charge on any atom is 0.0991 e. The number of aliphatic hydroxyl groups is 1. The van der Waals surface area contributed by atoms with Crippen molar-refractivity contribution in [1.29, 1.82) is 5.26 Å². The first-order valence-corrected chi connectivity index (χ1v) is 7.73. The van der Waals surface area contributed by atoms with E-state index in [0.717, 1.165) is 18.7 Å². The average Bonchev–Trinajstić information content (AvgIpc) is 2.60. The Morgan fingerprint density at radius 2 is 1.65 bits per heavy atom. The van der Waals surface area contributed by atoms with Crippen molar-refractivity contribution in [2.24, 2.45) is 0 Å². The van der Waals surface area contributed by atoms with E-state index in [-0.39, 0.29) is 0 Å². The highest BCUT2D eigenvalue weighted by Crippen LogP contribution is 2.15. The first kappa shape index (κ1) is 17.0. The van der Waals surface area contributed by atoms with Gasteiger partial charge in [0, 0.05) is 32.4 Å². The van der Waals surface area contributed by atoms with Crippen molar-refractivity contribution >= 4 is 5.69 Å². The molecule has 4 nitrogen and oxygen atoms in total. The van der Waals surface area contributed by atoms with E-state index in [1.165, 1.54) is 5.69 Å². The van der Waals surface area contributed by atoms with Gasteiger partial charge in [-0.1, -0.05) is 30.3 Å².